The summed E-state index contributed by atoms with van der Waals surface area (Å²) in [5.41, 5.74) is -0.615. The number of cyclic esters (lactones) is 1. The Morgan fingerprint density at radius 1 is 1.80 bits per heavy atom. The molecule has 0 aliphatic carbocycles. The van der Waals surface area contributed by atoms with Crippen molar-refractivity contribution in [1.82, 2.24) is 10.2 Å². The minimum absolute atomic E-state index is 0.157. The molecule has 1 saturated heterocycles. The largest absolute Gasteiger partial charge is 0.439 e. The van der Waals surface area contributed by atoms with Crippen LogP contribution in [0, 0.1) is 0 Å². The topological polar surface area (TPSA) is 58.6 Å². The molecule has 0 spiro atoms. The highest BCUT2D eigenvalue weighted by molar-refractivity contribution is 5.75. The lowest BCUT2D eigenvalue weighted by Crippen LogP contribution is -2.64. The fraction of sp³-hybridized carbons (Fsp3) is 0.600. The van der Waals surface area contributed by atoms with Gasteiger partial charge < -0.3 is 15.0 Å². The van der Waals surface area contributed by atoms with Crippen molar-refractivity contribution in [3.05, 3.63) is 12.7 Å². The Morgan fingerprint density at radius 2 is 2.40 bits per heavy atom. The van der Waals surface area contributed by atoms with E-state index in [0.717, 1.165) is 0 Å². The minimum Gasteiger partial charge on any atom is -0.439 e. The molecule has 1 aliphatic heterocycles. The molecule has 0 aromatic carbocycles. The van der Waals surface area contributed by atoms with Crippen LogP contribution in [0.1, 0.15) is 13.8 Å². The number of ether oxygens (including phenoxy) is 1. The summed E-state index contributed by atoms with van der Waals surface area (Å²) < 4.78 is 5.12. The number of nitrogens with one attached hydrogen (secondary N) is 1. The highest BCUT2D eigenvalue weighted by Crippen LogP contribution is 2.22. The molecule has 15 heavy (non-hydrogen) atoms. The van der Waals surface area contributed by atoms with Gasteiger partial charge in [0.05, 0.1) is 12.1 Å². The number of hydrogen-bond donors (Lipinski definition) is 1. The van der Waals surface area contributed by atoms with E-state index in [4.69, 9.17) is 4.74 Å². The molecule has 1 N–H and O–H groups in total. The van der Waals surface area contributed by atoms with Crippen molar-refractivity contribution in [2.24, 2.45) is 0 Å². The van der Waals surface area contributed by atoms with Crippen LogP contribution in [0.3, 0.4) is 0 Å². The van der Waals surface area contributed by atoms with Gasteiger partial charge in [0, 0.05) is 14.0 Å². The maximum atomic E-state index is 11.3. The van der Waals surface area contributed by atoms with E-state index in [2.05, 4.69) is 11.9 Å². The SMILES string of the molecule is C=CC1OC(=O)N(C)CC1(C)NC(C)=O. The summed E-state index contributed by atoms with van der Waals surface area (Å²) >= 11 is 0. The monoisotopic (exact) mass is 212 g/mol. The Labute approximate surface area is 89.1 Å². The zero-order chi connectivity index (χ0) is 11.6. The van der Waals surface area contributed by atoms with E-state index < -0.39 is 17.7 Å². The summed E-state index contributed by atoms with van der Waals surface area (Å²) in [6.45, 7) is 7.26. The number of carbonyl (C=O) groups excluding carboxylic acids is 2. The van der Waals surface area contributed by atoms with Crippen molar-refractivity contribution in [3.8, 4) is 0 Å². The third-order valence-corrected chi connectivity index (χ3v) is 2.41. The van der Waals surface area contributed by atoms with Gasteiger partial charge in [-0.1, -0.05) is 6.58 Å². The number of amides is 2. The fourth-order valence-electron chi connectivity index (χ4n) is 1.80. The number of likely N-dealkylation sites (N-methyl/N-ethyl adjacent to an activating group) is 1. The summed E-state index contributed by atoms with van der Waals surface area (Å²) in [5, 5.41) is 2.78. The molecule has 1 rings (SSSR count). The van der Waals surface area contributed by atoms with E-state index in [-0.39, 0.29) is 5.91 Å². The Kier molecular flexibility index (Phi) is 3.02. The van der Waals surface area contributed by atoms with Crippen molar-refractivity contribution < 1.29 is 14.3 Å². The highest BCUT2D eigenvalue weighted by atomic mass is 16.6. The summed E-state index contributed by atoms with van der Waals surface area (Å²) in [7, 11) is 1.63. The molecule has 2 amide bonds. The molecule has 5 nitrogen and oxygen atoms in total. The molecule has 0 bridgehead atoms. The molecule has 0 radical (unpaired) electrons. The van der Waals surface area contributed by atoms with Crippen LogP contribution in [-0.2, 0) is 9.53 Å². The maximum Gasteiger partial charge on any atom is 0.410 e. The normalized spacial score (nSPS) is 30.7. The predicted octanol–water partition coefficient (Wildman–Crippen LogP) is 0.518. The predicted molar refractivity (Wildman–Crippen MR) is 55.3 cm³/mol. The zero-order valence-electron chi connectivity index (χ0n) is 9.24. The van der Waals surface area contributed by atoms with Crippen LogP contribution >= 0.6 is 0 Å². The number of carbonyl (C=O) groups is 2. The van der Waals surface area contributed by atoms with E-state index >= 15 is 0 Å². The standard InChI is InChI=1S/C10H16N2O3/c1-5-8-10(3,11-7(2)13)6-12(4)9(14)15-8/h5,8H,1,6H2,2-4H3,(H,11,13). The molecule has 2 atom stereocenters. The minimum atomic E-state index is -0.615. The van der Waals surface area contributed by atoms with Gasteiger partial charge in [0.2, 0.25) is 5.91 Å². The van der Waals surface area contributed by atoms with Gasteiger partial charge in [-0.25, -0.2) is 4.79 Å². The fourth-order valence-corrected chi connectivity index (χ4v) is 1.80. The lowest BCUT2D eigenvalue weighted by atomic mass is 9.92. The van der Waals surface area contributed by atoms with Gasteiger partial charge in [-0.05, 0) is 13.0 Å². The lowest BCUT2D eigenvalue weighted by molar-refractivity contribution is -0.123. The molecule has 1 fully saturated rings. The van der Waals surface area contributed by atoms with E-state index in [1.54, 1.807) is 7.05 Å². The van der Waals surface area contributed by atoms with Gasteiger partial charge in [0.25, 0.3) is 0 Å². The Hall–Kier alpha value is -1.52. The van der Waals surface area contributed by atoms with Crippen LogP contribution in [-0.4, -0.2) is 42.1 Å². The molecule has 2 unspecified atom stereocenters. The second-order valence-electron chi connectivity index (χ2n) is 3.99. The summed E-state index contributed by atoms with van der Waals surface area (Å²) in [6, 6.07) is 0. The maximum absolute atomic E-state index is 11.3. The van der Waals surface area contributed by atoms with Gasteiger partial charge in [-0.3, -0.25) is 4.79 Å². The third kappa shape index (κ3) is 2.29. The average molecular weight is 212 g/mol. The highest BCUT2D eigenvalue weighted by Gasteiger charge is 2.42. The molecule has 1 heterocycles. The van der Waals surface area contributed by atoms with Crippen molar-refractivity contribution in [2.45, 2.75) is 25.5 Å². The van der Waals surface area contributed by atoms with Crippen LogP contribution in [0.5, 0.6) is 0 Å². The number of nitrogens with zero attached hydrogens (tertiary/aromatic N) is 1. The quantitative estimate of drug-likeness (QED) is 0.679. The molecule has 1 aliphatic rings. The second kappa shape index (κ2) is 3.92. The van der Waals surface area contributed by atoms with Crippen LogP contribution in [0.4, 0.5) is 4.79 Å². The van der Waals surface area contributed by atoms with Crippen molar-refractivity contribution in [2.75, 3.05) is 13.6 Å². The van der Waals surface area contributed by atoms with Crippen molar-refractivity contribution in [3.63, 3.8) is 0 Å². The summed E-state index contributed by atoms with van der Waals surface area (Å²) in [4.78, 5) is 23.8. The van der Waals surface area contributed by atoms with E-state index in [1.165, 1.54) is 17.9 Å². The van der Waals surface area contributed by atoms with Crippen LogP contribution < -0.4 is 5.32 Å². The number of rotatable bonds is 2. The van der Waals surface area contributed by atoms with Crippen LogP contribution in [0.2, 0.25) is 0 Å². The Balaban J connectivity index is 2.88. The lowest BCUT2D eigenvalue weighted by Gasteiger charge is -2.43. The van der Waals surface area contributed by atoms with Crippen molar-refractivity contribution >= 4 is 12.0 Å². The Morgan fingerprint density at radius 3 is 2.87 bits per heavy atom. The van der Waals surface area contributed by atoms with Gasteiger partial charge in [-0.2, -0.15) is 0 Å². The third-order valence-electron chi connectivity index (χ3n) is 2.41. The van der Waals surface area contributed by atoms with Gasteiger partial charge >= 0.3 is 6.09 Å². The first-order chi connectivity index (χ1) is 6.89. The smallest absolute Gasteiger partial charge is 0.410 e. The molecular formula is C10H16N2O3. The molecule has 84 valence electrons. The molecule has 0 saturated carbocycles. The zero-order valence-corrected chi connectivity index (χ0v) is 9.24. The second-order valence-corrected chi connectivity index (χ2v) is 3.99. The molecular weight excluding hydrogens is 196 g/mol. The summed E-state index contributed by atoms with van der Waals surface area (Å²) in [5.74, 6) is -0.157. The first-order valence-electron chi connectivity index (χ1n) is 4.72. The van der Waals surface area contributed by atoms with Crippen LogP contribution in [0.25, 0.3) is 0 Å². The van der Waals surface area contributed by atoms with Gasteiger partial charge in [0.1, 0.15) is 6.10 Å². The molecule has 0 aromatic rings. The van der Waals surface area contributed by atoms with Crippen molar-refractivity contribution in [1.29, 1.82) is 0 Å². The molecule has 0 aromatic heterocycles. The van der Waals surface area contributed by atoms with E-state index in [9.17, 15) is 9.59 Å². The van der Waals surface area contributed by atoms with E-state index in [0.29, 0.717) is 6.54 Å². The van der Waals surface area contributed by atoms with Gasteiger partial charge in [-0.15, -0.1) is 0 Å². The summed E-state index contributed by atoms with van der Waals surface area (Å²) in [6.07, 6.45) is 0.633. The Bertz CT molecular complexity index is 303. The first kappa shape index (κ1) is 11.6. The van der Waals surface area contributed by atoms with E-state index in [1.807, 2.05) is 6.92 Å². The van der Waals surface area contributed by atoms with Crippen LogP contribution in [0.15, 0.2) is 12.7 Å². The average Bonchev–Trinajstić information content (AvgIpc) is 2.09. The molecule has 5 heteroatoms. The number of hydrogen-bond acceptors (Lipinski definition) is 3. The van der Waals surface area contributed by atoms with Gasteiger partial charge in [0.15, 0.2) is 0 Å². The first-order valence-corrected chi connectivity index (χ1v) is 4.72.